The van der Waals surface area contributed by atoms with Gasteiger partial charge in [0.05, 0.1) is 12.3 Å². The smallest absolute Gasteiger partial charge is 0.136 e. The lowest BCUT2D eigenvalue weighted by atomic mass is 10.1. The van der Waals surface area contributed by atoms with Crippen LogP contribution in [0.25, 0.3) is 10.8 Å². The highest BCUT2D eigenvalue weighted by Gasteiger charge is 2.11. The van der Waals surface area contributed by atoms with Gasteiger partial charge >= 0.3 is 0 Å². The molecule has 0 aliphatic carbocycles. The Morgan fingerprint density at radius 1 is 1.30 bits per heavy atom. The first-order valence-corrected chi connectivity index (χ1v) is 7.07. The number of anilines is 1. The van der Waals surface area contributed by atoms with E-state index in [0.29, 0.717) is 6.61 Å². The number of aromatic nitrogens is 1. The fourth-order valence-corrected chi connectivity index (χ4v) is 2.36. The highest BCUT2D eigenvalue weighted by Crippen LogP contribution is 2.25. The van der Waals surface area contributed by atoms with Crippen molar-refractivity contribution in [3.63, 3.8) is 0 Å². The van der Waals surface area contributed by atoms with Crippen molar-refractivity contribution in [2.45, 2.75) is 13.5 Å². The minimum atomic E-state index is 0.708. The molecule has 0 spiro atoms. The predicted octanol–water partition coefficient (Wildman–Crippen LogP) is 2.43. The third-order valence-corrected chi connectivity index (χ3v) is 3.38. The number of hydrogen-bond donors (Lipinski definition) is 1. The zero-order valence-electron chi connectivity index (χ0n) is 12.5. The number of benzene rings is 1. The summed E-state index contributed by atoms with van der Waals surface area (Å²) in [6.07, 6.45) is 0. The van der Waals surface area contributed by atoms with E-state index in [1.54, 1.807) is 7.11 Å². The number of ether oxygens (including phenoxy) is 1. The maximum Gasteiger partial charge on any atom is 0.136 e. The first-order valence-electron chi connectivity index (χ1n) is 7.07. The highest BCUT2D eigenvalue weighted by molar-refractivity contribution is 5.92. The molecule has 0 unspecified atom stereocenters. The van der Waals surface area contributed by atoms with Crippen molar-refractivity contribution in [1.29, 1.82) is 0 Å². The number of rotatable bonds is 7. The number of nitrogens with zero attached hydrogens (tertiary/aromatic N) is 2. The minimum Gasteiger partial charge on any atom is -0.383 e. The van der Waals surface area contributed by atoms with Gasteiger partial charge in [-0.3, -0.25) is 0 Å². The number of methoxy groups -OCH3 is 1. The van der Waals surface area contributed by atoms with Crippen molar-refractivity contribution in [3.05, 3.63) is 36.0 Å². The molecule has 1 N–H and O–H groups in total. The van der Waals surface area contributed by atoms with Gasteiger partial charge in [-0.15, -0.1) is 0 Å². The number of pyridine rings is 1. The first-order chi connectivity index (χ1) is 9.80. The van der Waals surface area contributed by atoms with Gasteiger partial charge in [0.1, 0.15) is 5.82 Å². The van der Waals surface area contributed by atoms with E-state index < -0.39 is 0 Å². The number of nitrogens with one attached hydrogen (secondary N) is 1. The van der Waals surface area contributed by atoms with Crippen LogP contribution in [0.5, 0.6) is 0 Å². The second kappa shape index (κ2) is 7.22. The molecule has 0 amide bonds. The monoisotopic (exact) mass is 273 g/mol. The van der Waals surface area contributed by atoms with E-state index in [0.717, 1.165) is 31.1 Å². The normalized spacial score (nSPS) is 10.9. The summed E-state index contributed by atoms with van der Waals surface area (Å²) < 4.78 is 5.20. The van der Waals surface area contributed by atoms with Crippen LogP contribution in [0.2, 0.25) is 0 Å². The second-order valence-corrected chi connectivity index (χ2v) is 4.76. The second-order valence-electron chi connectivity index (χ2n) is 4.76. The van der Waals surface area contributed by atoms with E-state index in [2.05, 4.69) is 47.5 Å². The van der Waals surface area contributed by atoms with Crippen molar-refractivity contribution in [1.82, 2.24) is 10.3 Å². The van der Waals surface area contributed by atoms with Crippen LogP contribution in [0.3, 0.4) is 0 Å². The summed E-state index contributed by atoms with van der Waals surface area (Å²) in [6.45, 7) is 5.41. The van der Waals surface area contributed by atoms with Crippen LogP contribution in [-0.2, 0) is 11.3 Å². The van der Waals surface area contributed by atoms with E-state index >= 15 is 0 Å². The number of fused-ring (bicyclic) bond motifs is 1. The molecule has 0 radical (unpaired) electrons. The first kappa shape index (κ1) is 14.8. The van der Waals surface area contributed by atoms with Gasteiger partial charge in [0, 0.05) is 32.1 Å². The Morgan fingerprint density at radius 2 is 2.10 bits per heavy atom. The molecule has 1 heterocycles. The van der Waals surface area contributed by atoms with Gasteiger partial charge in [-0.2, -0.15) is 0 Å². The largest absolute Gasteiger partial charge is 0.383 e. The molecule has 1 aromatic heterocycles. The summed E-state index contributed by atoms with van der Waals surface area (Å²) in [4.78, 5) is 7.09. The molecular weight excluding hydrogens is 250 g/mol. The Bertz CT molecular complexity index is 556. The fourth-order valence-electron chi connectivity index (χ4n) is 2.36. The summed E-state index contributed by atoms with van der Waals surface area (Å²) in [5.41, 5.74) is 1.07. The van der Waals surface area contributed by atoms with E-state index in [1.807, 2.05) is 7.05 Å². The van der Waals surface area contributed by atoms with Gasteiger partial charge in [-0.25, -0.2) is 4.98 Å². The SMILES string of the molecule is CCN(CCOC)c1nc(CNC)cc2ccccc12. The zero-order chi connectivity index (χ0) is 14.4. The predicted molar refractivity (Wildman–Crippen MR) is 84.3 cm³/mol. The molecular formula is C16H23N3O. The van der Waals surface area contributed by atoms with Crippen LogP contribution in [0.1, 0.15) is 12.6 Å². The van der Waals surface area contributed by atoms with Gasteiger partial charge < -0.3 is 15.0 Å². The Kier molecular flexibility index (Phi) is 5.32. The van der Waals surface area contributed by atoms with Crippen molar-refractivity contribution in [2.24, 2.45) is 0 Å². The summed E-state index contributed by atoms with van der Waals surface area (Å²) in [5, 5.41) is 5.60. The molecule has 0 bridgehead atoms. The lowest BCUT2D eigenvalue weighted by Gasteiger charge is -2.24. The number of hydrogen-bond acceptors (Lipinski definition) is 4. The average molecular weight is 273 g/mol. The van der Waals surface area contributed by atoms with Crippen LogP contribution in [0.4, 0.5) is 5.82 Å². The molecule has 2 aromatic rings. The van der Waals surface area contributed by atoms with Gasteiger partial charge in [0.15, 0.2) is 0 Å². The Labute approximate surface area is 120 Å². The van der Waals surface area contributed by atoms with Crippen LogP contribution < -0.4 is 10.2 Å². The molecule has 20 heavy (non-hydrogen) atoms. The molecule has 0 fully saturated rings. The molecule has 0 saturated carbocycles. The summed E-state index contributed by atoms with van der Waals surface area (Å²) in [6, 6.07) is 10.6. The topological polar surface area (TPSA) is 37.4 Å². The average Bonchev–Trinajstić information content (AvgIpc) is 2.48. The summed E-state index contributed by atoms with van der Waals surface area (Å²) in [7, 11) is 3.68. The van der Waals surface area contributed by atoms with E-state index in [9.17, 15) is 0 Å². The molecule has 0 atom stereocenters. The van der Waals surface area contributed by atoms with E-state index in [1.165, 1.54) is 10.8 Å². The van der Waals surface area contributed by atoms with E-state index in [4.69, 9.17) is 9.72 Å². The molecule has 2 rings (SSSR count). The van der Waals surface area contributed by atoms with Crippen LogP contribution in [-0.4, -0.2) is 38.8 Å². The molecule has 4 heteroatoms. The lowest BCUT2D eigenvalue weighted by molar-refractivity contribution is 0.205. The fraction of sp³-hybridized carbons (Fsp3) is 0.438. The minimum absolute atomic E-state index is 0.708. The zero-order valence-corrected chi connectivity index (χ0v) is 12.5. The Hall–Kier alpha value is -1.65. The molecule has 0 aliphatic rings. The highest BCUT2D eigenvalue weighted by atomic mass is 16.5. The molecule has 0 aliphatic heterocycles. The van der Waals surface area contributed by atoms with Crippen LogP contribution >= 0.6 is 0 Å². The summed E-state index contributed by atoms with van der Waals surface area (Å²) >= 11 is 0. The third kappa shape index (κ3) is 3.26. The number of likely N-dealkylation sites (N-methyl/N-ethyl adjacent to an activating group) is 1. The molecule has 108 valence electrons. The Morgan fingerprint density at radius 3 is 2.80 bits per heavy atom. The van der Waals surface area contributed by atoms with Crippen molar-refractivity contribution in [3.8, 4) is 0 Å². The maximum absolute atomic E-state index is 5.20. The van der Waals surface area contributed by atoms with Gasteiger partial charge in [-0.05, 0) is 25.4 Å². The molecule has 0 saturated heterocycles. The molecule has 4 nitrogen and oxygen atoms in total. The van der Waals surface area contributed by atoms with Gasteiger partial charge in [0.25, 0.3) is 0 Å². The van der Waals surface area contributed by atoms with Crippen LogP contribution in [0, 0.1) is 0 Å². The van der Waals surface area contributed by atoms with Gasteiger partial charge in [-0.1, -0.05) is 24.3 Å². The third-order valence-electron chi connectivity index (χ3n) is 3.38. The van der Waals surface area contributed by atoms with Crippen LogP contribution in [0.15, 0.2) is 30.3 Å². The van der Waals surface area contributed by atoms with E-state index in [-0.39, 0.29) is 0 Å². The van der Waals surface area contributed by atoms with Gasteiger partial charge in [0.2, 0.25) is 0 Å². The summed E-state index contributed by atoms with van der Waals surface area (Å²) in [5.74, 6) is 1.05. The Balaban J connectivity index is 2.47. The quantitative estimate of drug-likeness (QED) is 0.840. The van der Waals surface area contributed by atoms with Crippen molar-refractivity contribution < 1.29 is 4.74 Å². The van der Waals surface area contributed by atoms with Crippen molar-refractivity contribution in [2.75, 3.05) is 38.8 Å². The lowest BCUT2D eigenvalue weighted by Crippen LogP contribution is -2.28. The molecule has 1 aromatic carbocycles. The maximum atomic E-state index is 5.20. The van der Waals surface area contributed by atoms with Crippen molar-refractivity contribution >= 4 is 16.6 Å². The standard InChI is InChI=1S/C16H23N3O/c1-4-19(9-10-20-3)16-15-8-6-5-7-13(15)11-14(18-16)12-17-2/h5-8,11,17H,4,9-10,12H2,1-3H3.